The molecule has 1 nitrogen and oxygen atoms in total. The lowest BCUT2D eigenvalue weighted by atomic mass is 9.78. The summed E-state index contributed by atoms with van der Waals surface area (Å²) in [6, 6.07) is 10.6. The highest BCUT2D eigenvalue weighted by Gasteiger charge is 2.28. The van der Waals surface area contributed by atoms with E-state index in [1.165, 1.54) is 43.6 Å². The van der Waals surface area contributed by atoms with Gasteiger partial charge >= 0.3 is 0 Å². The topological polar surface area (TPSA) is 3.24 Å². The summed E-state index contributed by atoms with van der Waals surface area (Å²) in [6.45, 7) is 11.4. The van der Waals surface area contributed by atoms with E-state index in [0.717, 1.165) is 6.42 Å². The average molecular weight is 243 g/mol. The normalized spacial score (nSPS) is 18.7. The molecule has 1 heteroatoms. The first-order valence-corrected chi connectivity index (χ1v) is 7.10. The van der Waals surface area contributed by atoms with Gasteiger partial charge in [-0.1, -0.05) is 57.2 Å². The Bertz CT molecular complexity index is 385. The zero-order valence-corrected chi connectivity index (χ0v) is 11.8. The van der Waals surface area contributed by atoms with Gasteiger partial charge in [-0.3, -0.25) is 0 Å². The van der Waals surface area contributed by atoms with Crippen LogP contribution in [0.3, 0.4) is 0 Å². The maximum Gasteiger partial charge on any atom is 0.0180 e. The first-order valence-electron chi connectivity index (χ1n) is 7.10. The van der Waals surface area contributed by atoms with Crippen molar-refractivity contribution in [3.8, 4) is 0 Å². The van der Waals surface area contributed by atoms with Gasteiger partial charge in [0.25, 0.3) is 0 Å². The Balaban J connectivity index is 1.88. The van der Waals surface area contributed by atoms with Crippen molar-refractivity contribution in [3.63, 3.8) is 0 Å². The molecule has 0 bridgehead atoms. The average Bonchev–Trinajstić information content (AvgIpc) is 2.40. The van der Waals surface area contributed by atoms with E-state index in [1.54, 1.807) is 0 Å². The van der Waals surface area contributed by atoms with Gasteiger partial charge in [0.2, 0.25) is 0 Å². The van der Waals surface area contributed by atoms with E-state index in [4.69, 9.17) is 0 Å². The molecule has 2 rings (SSSR count). The molecule has 0 radical (unpaired) electrons. The Kier molecular flexibility index (Phi) is 4.11. The fourth-order valence-electron chi connectivity index (χ4n) is 2.66. The van der Waals surface area contributed by atoms with Crippen molar-refractivity contribution in [2.75, 3.05) is 13.1 Å². The molecule has 0 spiro atoms. The maximum atomic E-state index is 4.27. The molecular formula is C17H25N. The Morgan fingerprint density at radius 2 is 1.83 bits per heavy atom. The van der Waals surface area contributed by atoms with E-state index >= 15 is 0 Å². The van der Waals surface area contributed by atoms with Crippen LogP contribution >= 0.6 is 0 Å². The van der Waals surface area contributed by atoms with E-state index < -0.39 is 0 Å². The first kappa shape index (κ1) is 13.2. The van der Waals surface area contributed by atoms with Crippen LogP contribution in [0.15, 0.2) is 42.6 Å². The number of hydrogen-bond acceptors (Lipinski definition) is 1. The van der Waals surface area contributed by atoms with Crippen molar-refractivity contribution < 1.29 is 0 Å². The predicted octanol–water partition coefficient (Wildman–Crippen LogP) is 4.25. The van der Waals surface area contributed by atoms with Gasteiger partial charge in [0, 0.05) is 25.2 Å². The fourth-order valence-corrected chi connectivity index (χ4v) is 2.66. The maximum absolute atomic E-state index is 4.27. The Morgan fingerprint density at radius 3 is 2.39 bits per heavy atom. The minimum atomic E-state index is 0.559. The van der Waals surface area contributed by atoms with Crippen molar-refractivity contribution in [1.29, 1.82) is 0 Å². The third-order valence-corrected chi connectivity index (χ3v) is 4.52. The van der Waals surface area contributed by atoms with Gasteiger partial charge in [0.15, 0.2) is 0 Å². The summed E-state index contributed by atoms with van der Waals surface area (Å²) in [6.07, 6.45) is 4.89. The zero-order valence-electron chi connectivity index (χ0n) is 11.8. The number of likely N-dealkylation sites (tertiary alicyclic amines) is 1. The van der Waals surface area contributed by atoms with Gasteiger partial charge in [0.1, 0.15) is 0 Å². The van der Waals surface area contributed by atoms with Crippen LogP contribution in [0.25, 0.3) is 0 Å². The second-order valence-corrected chi connectivity index (χ2v) is 5.88. The summed E-state index contributed by atoms with van der Waals surface area (Å²) in [5.74, 6) is 0. The molecule has 1 aliphatic rings. The highest BCUT2D eigenvalue weighted by Crippen LogP contribution is 2.35. The number of hydrogen-bond donors (Lipinski definition) is 0. The summed E-state index contributed by atoms with van der Waals surface area (Å²) < 4.78 is 0. The number of nitrogens with zero attached hydrogens (tertiary/aromatic N) is 1. The number of allylic oxidation sites excluding steroid dienone is 1. The van der Waals surface area contributed by atoms with Crippen LogP contribution in [-0.4, -0.2) is 18.0 Å². The molecule has 1 aromatic rings. The molecule has 1 aliphatic heterocycles. The molecule has 0 aliphatic carbocycles. The predicted molar refractivity (Wildman–Crippen MR) is 78.5 cm³/mol. The van der Waals surface area contributed by atoms with Gasteiger partial charge in [-0.05, 0) is 23.8 Å². The second-order valence-electron chi connectivity index (χ2n) is 5.88. The molecule has 1 heterocycles. The summed E-state index contributed by atoms with van der Waals surface area (Å²) in [4.78, 5) is 2.48. The molecule has 0 unspecified atom stereocenters. The van der Waals surface area contributed by atoms with Crippen LogP contribution in [0.4, 0.5) is 0 Å². The van der Waals surface area contributed by atoms with E-state index in [1.807, 2.05) is 0 Å². The highest BCUT2D eigenvalue weighted by atomic mass is 15.1. The molecule has 1 aromatic carbocycles. The molecule has 1 fully saturated rings. The summed E-state index contributed by atoms with van der Waals surface area (Å²) in [5.41, 5.74) is 3.20. The highest BCUT2D eigenvalue weighted by molar-refractivity contribution is 5.20. The largest absolute Gasteiger partial charge is 0.375 e. The molecule has 18 heavy (non-hydrogen) atoms. The molecule has 0 atom stereocenters. The standard InChI is InChI=1S/C17H25N/c1-4-17(3)10-12-18(13-11-17)15(2)14-16-8-6-5-7-9-16/h5-9H,2,4,10-14H2,1,3H3. The van der Waals surface area contributed by atoms with E-state index in [-0.39, 0.29) is 0 Å². The second kappa shape index (κ2) is 5.60. The van der Waals surface area contributed by atoms with E-state index in [9.17, 15) is 0 Å². The SMILES string of the molecule is C=C(Cc1ccccc1)N1CCC(C)(CC)CC1. The molecular weight excluding hydrogens is 218 g/mol. The van der Waals surface area contributed by atoms with Crippen LogP contribution in [0.5, 0.6) is 0 Å². The smallest absolute Gasteiger partial charge is 0.0180 e. The van der Waals surface area contributed by atoms with Crippen LogP contribution in [0.2, 0.25) is 0 Å². The lowest BCUT2D eigenvalue weighted by Gasteiger charge is -2.40. The van der Waals surface area contributed by atoms with Crippen molar-refractivity contribution >= 4 is 0 Å². The fraction of sp³-hybridized carbons (Fsp3) is 0.529. The van der Waals surface area contributed by atoms with Gasteiger partial charge < -0.3 is 4.90 Å². The lowest BCUT2D eigenvalue weighted by Crippen LogP contribution is -2.38. The molecule has 0 N–H and O–H groups in total. The quantitative estimate of drug-likeness (QED) is 0.764. The molecule has 0 aromatic heterocycles. The van der Waals surface area contributed by atoms with E-state index in [2.05, 4.69) is 55.7 Å². The van der Waals surface area contributed by atoms with Crippen LogP contribution in [0, 0.1) is 5.41 Å². The summed E-state index contributed by atoms with van der Waals surface area (Å²) in [5, 5.41) is 0. The Labute approximate surface area is 112 Å². The summed E-state index contributed by atoms with van der Waals surface area (Å²) >= 11 is 0. The van der Waals surface area contributed by atoms with Crippen molar-refractivity contribution in [3.05, 3.63) is 48.2 Å². The number of benzene rings is 1. The monoisotopic (exact) mass is 243 g/mol. The van der Waals surface area contributed by atoms with Gasteiger partial charge in [-0.15, -0.1) is 0 Å². The first-order chi connectivity index (χ1) is 8.63. The van der Waals surface area contributed by atoms with Gasteiger partial charge in [0.05, 0.1) is 0 Å². The van der Waals surface area contributed by atoms with E-state index in [0.29, 0.717) is 5.41 Å². The third-order valence-electron chi connectivity index (χ3n) is 4.52. The lowest BCUT2D eigenvalue weighted by molar-refractivity contribution is 0.138. The number of piperidine rings is 1. The van der Waals surface area contributed by atoms with Crippen molar-refractivity contribution in [2.45, 2.75) is 39.5 Å². The zero-order chi connectivity index (χ0) is 13.0. The minimum absolute atomic E-state index is 0.559. The van der Waals surface area contributed by atoms with Crippen molar-refractivity contribution in [2.24, 2.45) is 5.41 Å². The Hall–Kier alpha value is -1.24. The van der Waals surface area contributed by atoms with Crippen LogP contribution < -0.4 is 0 Å². The third kappa shape index (κ3) is 3.16. The van der Waals surface area contributed by atoms with Crippen molar-refractivity contribution in [1.82, 2.24) is 4.90 Å². The van der Waals surface area contributed by atoms with Crippen LogP contribution in [0.1, 0.15) is 38.7 Å². The minimum Gasteiger partial charge on any atom is -0.375 e. The number of rotatable bonds is 4. The van der Waals surface area contributed by atoms with Gasteiger partial charge in [-0.2, -0.15) is 0 Å². The Morgan fingerprint density at radius 1 is 1.22 bits per heavy atom. The molecule has 98 valence electrons. The molecule has 0 saturated carbocycles. The molecule has 1 saturated heterocycles. The summed E-state index contributed by atoms with van der Waals surface area (Å²) in [7, 11) is 0. The van der Waals surface area contributed by atoms with Gasteiger partial charge in [-0.25, -0.2) is 0 Å². The van der Waals surface area contributed by atoms with Crippen LogP contribution in [-0.2, 0) is 6.42 Å². The molecule has 0 amide bonds.